The van der Waals surface area contributed by atoms with Crippen LogP contribution in [0.4, 0.5) is 0 Å². The van der Waals surface area contributed by atoms with E-state index in [0.717, 1.165) is 53.1 Å². The second kappa shape index (κ2) is 24.2. The summed E-state index contributed by atoms with van der Waals surface area (Å²) in [6, 6.07) is 20.1. The molecule has 16 nitrogen and oxygen atoms in total. The van der Waals surface area contributed by atoms with Crippen LogP contribution in [0.25, 0.3) is 21.8 Å². The summed E-state index contributed by atoms with van der Waals surface area (Å²) in [6.45, 7) is -0.512. The second-order valence-electron chi connectivity index (χ2n) is 15.4. The summed E-state index contributed by atoms with van der Waals surface area (Å²) >= 11 is 3.96. The fourth-order valence-electron chi connectivity index (χ4n) is 7.34. The van der Waals surface area contributed by atoms with Crippen LogP contribution in [-0.4, -0.2) is 99.9 Å². The van der Waals surface area contributed by atoms with Crippen molar-refractivity contribution in [1.29, 1.82) is 0 Å². The van der Waals surface area contributed by atoms with Gasteiger partial charge in [-0.25, -0.2) is 4.79 Å². The summed E-state index contributed by atoms with van der Waals surface area (Å²) < 4.78 is 0. The van der Waals surface area contributed by atoms with Gasteiger partial charge in [0.05, 0.1) is 13.1 Å². The number of hydrogen-bond acceptors (Lipinski definition) is 9. The number of carbonyl (C=O) groups is 7. The summed E-state index contributed by atoms with van der Waals surface area (Å²) in [5, 5.41) is 23.8. The number of thiol groups is 1. The first-order chi connectivity index (χ1) is 30.5. The van der Waals surface area contributed by atoms with Crippen LogP contribution in [0.15, 0.2) is 91.3 Å². The lowest BCUT2D eigenvalue weighted by molar-refractivity contribution is -0.141. The third-order valence-electron chi connectivity index (χ3n) is 10.8. The van der Waals surface area contributed by atoms with E-state index in [0.29, 0.717) is 24.1 Å². The van der Waals surface area contributed by atoms with Crippen LogP contribution in [0, 0.1) is 5.92 Å². The largest absolute Gasteiger partial charge is 0.480 e. The number of rotatable bonds is 26. The molecule has 2 aromatic heterocycles. The first-order valence-corrected chi connectivity index (χ1v) is 21.8. The lowest BCUT2D eigenvalue weighted by atomic mass is 9.91. The van der Waals surface area contributed by atoms with E-state index in [1.54, 1.807) is 12.4 Å². The third-order valence-corrected chi connectivity index (χ3v) is 11.1. The van der Waals surface area contributed by atoms with Crippen LogP contribution in [0.5, 0.6) is 0 Å². The number of nitrogens with one attached hydrogen (secondary N) is 7. The van der Waals surface area contributed by atoms with Crippen LogP contribution < -0.4 is 32.3 Å². The molecule has 0 aliphatic rings. The Hall–Kier alpha value is -6.46. The Kier molecular flexibility index (Phi) is 18.3. The molecule has 334 valence electrons. The normalized spacial score (nSPS) is 13.0. The van der Waals surface area contributed by atoms with Gasteiger partial charge in [-0.15, -0.1) is 0 Å². The van der Waals surface area contributed by atoms with Crippen LogP contribution in [0.1, 0.15) is 55.2 Å². The summed E-state index contributed by atoms with van der Waals surface area (Å²) in [7, 11) is 0. The van der Waals surface area contributed by atoms with Crippen LogP contribution in [-0.2, 0) is 52.8 Å². The molecule has 0 fully saturated rings. The highest BCUT2D eigenvalue weighted by Crippen LogP contribution is 2.21. The zero-order valence-electron chi connectivity index (χ0n) is 35.0. The molecule has 0 saturated carbocycles. The summed E-state index contributed by atoms with van der Waals surface area (Å²) in [6.07, 6.45) is 8.04. The van der Waals surface area contributed by atoms with Gasteiger partial charge in [0.1, 0.15) is 29.8 Å². The molecule has 0 saturated heterocycles. The average Bonchev–Trinajstić information content (AvgIpc) is 3.90. The first-order valence-electron chi connectivity index (χ1n) is 21.1. The van der Waals surface area contributed by atoms with E-state index in [-0.39, 0.29) is 37.2 Å². The molecule has 4 atom stereocenters. The lowest BCUT2D eigenvalue weighted by Crippen LogP contribution is -2.57. The van der Waals surface area contributed by atoms with Gasteiger partial charge in [0.15, 0.2) is 0 Å². The highest BCUT2D eigenvalue weighted by atomic mass is 32.1. The van der Waals surface area contributed by atoms with Gasteiger partial charge < -0.3 is 47.4 Å². The molecule has 2 heterocycles. The third kappa shape index (κ3) is 14.3. The highest BCUT2D eigenvalue weighted by molar-refractivity contribution is 7.80. The van der Waals surface area contributed by atoms with Crippen molar-refractivity contribution in [3.05, 3.63) is 108 Å². The quantitative estimate of drug-likeness (QED) is 0.0222. The van der Waals surface area contributed by atoms with E-state index in [9.17, 15) is 38.7 Å². The number of benzene rings is 3. The Morgan fingerprint density at radius 1 is 0.587 bits per heavy atom. The van der Waals surface area contributed by atoms with E-state index in [4.69, 9.17) is 5.73 Å². The molecule has 17 heteroatoms. The van der Waals surface area contributed by atoms with Gasteiger partial charge in [0, 0.05) is 59.2 Å². The predicted molar refractivity (Wildman–Crippen MR) is 243 cm³/mol. The molecule has 10 N–H and O–H groups in total. The second-order valence-corrected chi connectivity index (χ2v) is 15.8. The molecule has 5 amide bonds. The number of H-pyrrole nitrogens is 2. The zero-order chi connectivity index (χ0) is 45.1. The van der Waals surface area contributed by atoms with Gasteiger partial charge in [0.25, 0.3) is 0 Å². The molecule has 0 spiro atoms. The number of ketones is 1. The minimum atomic E-state index is -1.29. The number of fused-ring (bicyclic) bond motifs is 2. The van der Waals surface area contributed by atoms with Gasteiger partial charge in [-0.3, -0.25) is 28.8 Å². The maximum absolute atomic E-state index is 14.4. The van der Waals surface area contributed by atoms with Crippen molar-refractivity contribution in [2.24, 2.45) is 11.7 Å². The van der Waals surface area contributed by atoms with Crippen molar-refractivity contribution in [2.45, 2.75) is 75.9 Å². The van der Waals surface area contributed by atoms with Gasteiger partial charge >= 0.3 is 5.97 Å². The van der Waals surface area contributed by atoms with E-state index in [1.807, 2.05) is 78.9 Å². The SMILES string of the molecule is NCCCCCCCC(=O)[C@@H](Cc1ccccc1)C(=O)NCC(=O)N[C@@H](Cc1c[nH]c2ccccc12)C(=O)N[C@@H](Cc1c[nH]c2ccccc12)C(=O)NCC(=O)NC(CS)C(=O)O. The van der Waals surface area contributed by atoms with Crippen LogP contribution in [0.2, 0.25) is 0 Å². The Labute approximate surface area is 370 Å². The summed E-state index contributed by atoms with van der Waals surface area (Å²) in [5.74, 6) is -6.30. The number of para-hydroxylation sites is 2. The smallest absolute Gasteiger partial charge is 0.327 e. The number of Topliss-reactive ketones (excluding diaryl/α,β-unsaturated/α-hetero) is 1. The van der Waals surface area contributed by atoms with Crippen molar-refractivity contribution < 1.29 is 38.7 Å². The van der Waals surface area contributed by atoms with E-state index in [1.165, 1.54) is 0 Å². The lowest BCUT2D eigenvalue weighted by Gasteiger charge is -2.24. The maximum Gasteiger partial charge on any atom is 0.327 e. The fourth-order valence-corrected chi connectivity index (χ4v) is 7.59. The molecule has 3 aromatic carbocycles. The number of carboxylic acid groups (broad SMARTS) is 1. The summed E-state index contributed by atoms with van der Waals surface area (Å²) in [4.78, 5) is 99.3. The van der Waals surface area contributed by atoms with Crippen molar-refractivity contribution >= 4 is 75.7 Å². The minimum absolute atomic E-state index is 0.0138. The number of unbranched alkanes of at least 4 members (excludes halogenated alkanes) is 4. The van der Waals surface area contributed by atoms with E-state index >= 15 is 0 Å². The number of nitrogens with two attached hydrogens (primary N) is 1. The molecule has 5 aromatic rings. The molecular weight excluding hydrogens is 825 g/mol. The Morgan fingerprint density at radius 3 is 1.67 bits per heavy atom. The van der Waals surface area contributed by atoms with Gasteiger partial charge in [-0.05, 0) is 54.6 Å². The average molecular weight is 881 g/mol. The summed E-state index contributed by atoms with van der Waals surface area (Å²) in [5.41, 5.74) is 9.36. The molecule has 1 unspecified atom stereocenters. The standard InChI is InChI=1S/C46H56N8O8S/c47-20-12-3-1-2-7-19-40(55)34(21-29-13-5-4-6-14-29)43(58)50-26-41(56)52-38(23-31-25-49-36-18-11-9-16-33(31)36)45(60)54-37(22-30-24-48-35-17-10-8-15-32(30)35)44(59)51-27-42(57)53-39(28-63)46(61)62/h4-6,8-11,13-18,24-25,34,37-39,48-49,63H,1-3,7,12,19-23,26-28,47H2,(H,50,58)(H,51,59)(H,52,56)(H,53,57)(H,54,60)(H,61,62)/t34-,37+,38+,39?/m1/s1. The predicted octanol–water partition coefficient (Wildman–Crippen LogP) is 2.86. The molecule has 0 radical (unpaired) electrons. The van der Waals surface area contributed by atoms with Gasteiger partial charge in [-0.2, -0.15) is 12.6 Å². The Bertz CT molecular complexity index is 2350. The molecule has 0 aliphatic carbocycles. The number of aromatic nitrogens is 2. The highest BCUT2D eigenvalue weighted by Gasteiger charge is 2.31. The number of amides is 5. The fraction of sp³-hybridized carbons (Fsp3) is 0.370. The monoisotopic (exact) mass is 880 g/mol. The molecule has 0 aliphatic heterocycles. The maximum atomic E-state index is 14.4. The number of aromatic amines is 2. The van der Waals surface area contributed by atoms with Crippen molar-refractivity contribution in [2.75, 3.05) is 25.4 Å². The number of carbonyl (C=O) groups excluding carboxylic acids is 6. The minimum Gasteiger partial charge on any atom is -0.480 e. The van der Waals surface area contributed by atoms with Crippen LogP contribution in [0.3, 0.4) is 0 Å². The van der Waals surface area contributed by atoms with Crippen molar-refractivity contribution in [1.82, 2.24) is 36.6 Å². The molecule has 0 bridgehead atoms. The molecule has 63 heavy (non-hydrogen) atoms. The number of hydrogen-bond donors (Lipinski definition) is 10. The molecular formula is C46H56N8O8S. The van der Waals surface area contributed by atoms with E-state index < -0.39 is 72.6 Å². The number of aliphatic carboxylic acids is 1. The Morgan fingerprint density at radius 2 is 1.10 bits per heavy atom. The van der Waals surface area contributed by atoms with E-state index in [2.05, 4.69) is 49.2 Å². The van der Waals surface area contributed by atoms with Crippen molar-refractivity contribution in [3.63, 3.8) is 0 Å². The Balaban J connectivity index is 1.33. The van der Waals surface area contributed by atoms with Gasteiger partial charge in [-0.1, -0.05) is 86.0 Å². The first kappa shape index (κ1) is 47.6. The zero-order valence-corrected chi connectivity index (χ0v) is 35.9. The van der Waals surface area contributed by atoms with Crippen LogP contribution >= 0.6 is 12.6 Å². The number of carboxylic acids is 1. The van der Waals surface area contributed by atoms with Gasteiger partial charge in [0.2, 0.25) is 29.5 Å². The topological polar surface area (TPSA) is 257 Å². The van der Waals surface area contributed by atoms with Crippen molar-refractivity contribution in [3.8, 4) is 0 Å². The molecule has 5 rings (SSSR count).